The number of nitrogens with zero attached hydrogens (tertiary/aromatic N) is 1. The fourth-order valence-corrected chi connectivity index (χ4v) is 2.45. The minimum absolute atomic E-state index is 0.210. The van der Waals surface area contributed by atoms with Crippen molar-refractivity contribution in [2.75, 3.05) is 0 Å². The van der Waals surface area contributed by atoms with E-state index in [1.54, 1.807) is 38.2 Å². The van der Waals surface area contributed by atoms with Gasteiger partial charge in [0.2, 0.25) is 0 Å². The Kier molecular flexibility index (Phi) is 3.15. The number of pyridine rings is 1. The molecule has 1 fully saturated rings. The third-order valence-corrected chi connectivity index (χ3v) is 4.02. The fourth-order valence-electron chi connectivity index (χ4n) is 2.45. The van der Waals surface area contributed by atoms with Crippen molar-refractivity contribution in [3.63, 3.8) is 0 Å². The van der Waals surface area contributed by atoms with Gasteiger partial charge in [-0.3, -0.25) is 15.1 Å². The highest BCUT2D eigenvalue weighted by Gasteiger charge is 2.81. The highest BCUT2D eigenvalue weighted by atomic mass is 16.4. The molecule has 102 valence electrons. The third-order valence-electron chi connectivity index (χ3n) is 4.02. The number of hydrogen-bond acceptors (Lipinski definition) is 5. The van der Waals surface area contributed by atoms with Crippen LogP contribution in [0.25, 0.3) is 0 Å². The predicted octanol–water partition coefficient (Wildman–Crippen LogP) is -0.0692. The Morgan fingerprint density at radius 1 is 1.58 bits per heavy atom. The first-order valence-electron chi connectivity index (χ1n) is 6.06. The first-order chi connectivity index (χ1) is 8.87. The molecule has 0 saturated heterocycles. The minimum atomic E-state index is -1.60. The van der Waals surface area contributed by atoms with Crippen molar-refractivity contribution in [3.8, 4) is 0 Å². The van der Waals surface area contributed by atoms with Gasteiger partial charge in [-0.2, -0.15) is 0 Å². The molecule has 0 aliphatic heterocycles. The summed E-state index contributed by atoms with van der Waals surface area (Å²) in [5.74, 6) is -1.56. The molecule has 1 aromatic heterocycles. The molecule has 3 atom stereocenters. The second-order valence-electron chi connectivity index (χ2n) is 5.05. The standard InChI is InChI=1S/C13H17N3O3/c1-8(14)12(2)10(17)13(12,11(18)19)16-7-9-5-3-4-6-15-9/h3-6,8,16H,7,14H2,1-2H3,(H,18,19). The number of aromatic nitrogens is 1. The molecule has 0 aromatic carbocycles. The zero-order valence-electron chi connectivity index (χ0n) is 10.9. The summed E-state index contributed by atoms with van der Waals surface area (Å²) in [7, 11) is 0. The van der Waals surface area contributed by atoms with Crippen LogP contribution in [0.2, 0.25) is 0 Å². The number of carboxylic acid groups (broad SMARTS) is 1. The number of nitrogens with two attached hydrogens (primary N) is 1. The lowest BCUT2D eigenvalue weighted by Gasteiger charge is -2.20. The quantitative estimate of drug-likeness (QED) is 0.642. The summed E-state index contributed by atoms with van der Waals surface area (Å²) in [4.78, 5) is 27.6. The SMILES string of the molecule is CC(N)C1(C)C(=O)C1(NCc1ccccn1)C(=O)O. The van der Waals surface area contributed by atoms with E-state index in [0.717, 1.165) is 0 Å². The molecular formula is C13H17N3O3. The molecule has 3 unspecified atom stereocenters. The highest BCUT2D eigenvalue weighted by molar-refractivity contribution is 6.27. The van der Waals surface area contributed by atoms with Crippen molar-refractivity contribution in [2.24, 2.45) is 11.1 Å². The van der Waals surface area contributed by atoms with Crippen LogP contribution in [-0.4, -0.2) is 33.4 Å². The van der Waals surface area contributed by atoms with Crippen LogP contribution in [0.4, 0.5) is 0 Å². The van der Waals surface area contributed by atoms with Crippen LogP contribution in [0.5, 0.6) is 0 Å². The van der Waals surface area contributed by atoms with Crippen molar-refractivity contribution < 1.29 is 14.7 Å². The van der Waals surface area contributed by atoms with Gasteiger partial charge < -0.3 is 10.8 Å². The predicted molar refractivity (Wildman–Crippen MR) is 68.2 cm³/mol. The van der Waals surface area contributed by atoms with Gasteiger partial charge in [-0.15, -0.1) is 0 Å². The molecule has 1 aliphatic carbocycles. The largest absolute Gasteiger partial charge is 0.480 e. The van der Waals surface area contributed by atoms with E-state index < -0.39 is 23.0 Å². The van der Waals surface area contributed by atoms with Gasteiger partial charge in [0.05, 0.1) is 11.1 Å². The number of carbonyl (C=O) groups excluding carboxylic acids is 1. The molecule has 1 heterocycles. The maximum atomic E-state index is 12.0. The Morgan fingerprint density at radius 2 is 2.26 bits per heavy atom. The van der Waals surface area contributed by atoms with Crippen molar-refractivity contribution >= 4 is 11.8 Å². The smallest absolute Gasteiger partial charge is 0.332 e. The van der Waals surface area contributed by atoms with Gasteiger partial charge in [0, 0.05) is 18.8 Å². The van der Waals surface area contributed by atoms with Gasteiger partial charge in [-0.05, 0) is 26.0 Å². The normalized spacial score (nSPS) is 31.0. The lowest BCUT2D eigenvalue weighted by Crippen LogP contribution is -2.48. The van der Waals surface area contributed by atoms with Crippen LogP contribution >= 0.6 is 0 Å². The second-order valence-corrected chi connectivity index (χ2v) is 5.05. The zero-order chi connectivity index (χ0) is 14.3. The van der Waals surface area contributed by atoms with E-state index in [2.05, 4.69) is 10.3 Å². The number of nitrogens with one attached hydrogen (secondary N) is 1. The summed E-state index contributed by atoms with van der Waals surface area (Å²) in [5, 5.41) is 12.2. The second kappa shape index (κ2) is 4.40. The third kappa shape index (κ3) is 1.75. The van der Waals surface area contributed by atoms with E-state index >= 15 is 0 Å². The number of aliphatic carboxylic acids is 1. The molecule has 0 radical (unpaired) electrons. The van der Waals surface area contributed by atoms with Crippen LogP contribution in [0.15, 0.2) is 24.4 Å². The summed E-state index contributed by atoms with van der Waals surface area (Å²) in [5.41, 5.74) is 3.77. The summed E-state index contributed by atoms with van der Waals surface area (Å²) in [6, 6.07) is 4.80. The maximum absolute atomic E-state index is 12.0. The van der Waals surface area contributed by atoms with E-state index in [9.17, 15) is 14.7 Å². The number of carbonyl (C=O) groups is 2. The molecule has 6 nitrogen and oxygen atoms in total. The average Bonchev–Trinajstić information content (AvgIpc) is 2.88. The van der Waals surface area contributed by atoms with Crippen molar-refractivity contribution in [2.45, 2.75) is 32.0 Å². The molecule has 6 heteroatoms. The van der Waals surface area contributed by atoms with Gasteiger partial charge in [0.25, 0.3) is 0 Å². The van der Waals surface area contributed by atoms with E-state index in [1.165, 1.54) is 0 Å². The summed E-state index contributed by atoms with van der Waals surface area (Å²) in [6.07, 6.45) is 1.62. The number of carboxylic acids is 1. The number of Topliss-reactive ketones (excluding diaryl/α,β-unsaturated/α-hetero) is 1. The fraction of sp³-hybridized carbons (Fsp3) is 0.462. The molecule has 1 aliphatic rings. The van der Waals surface area contributed by atoms with Gasteiger partial charge in [0.15, 0.2) is 11.3 Å². The highest BCUT2D eigenvalue weighted by Crippen LogP contribution is 2.53. The Bertz CT molecular complexity index is 517. The monoisotopic (exact) mass is 263 g/mol. The van der Waals surface area contributed by atoms with E-state index in [-0.39, 0.29) is 12.3 Å². The molecule has 19 heavy (non-hydrogen) atoms. The molecule has 1 aromatic rings. The molecule has 0 spiro atoms. The summed E-state index contributed by atoms with van der Waals surface area (Å²) >= 11 is 0. The number of hydrogen-bond donors (Lipinski definition) is 3. The van der Waals surface area contributed by atoms with Crippen LogP contribution in [0.1, 0.15) is 19.5 Å². The average molecular weight is 263 g/mol. The van der Waals surface area contributed by atoms with Crippen LogP contribution < -0.4 is 11.1 Å². The van der Waals surface area contributed by atoms with E-state index in [1.807, 2.05) is 0 Å². The zero-order valence-corrected chi connectivity index (χ0v) is 10.9. The van der Waals surface area contributed by atoms with Crippen molar-refractivity contribution in [1.82, 2.24) is 10.3 Å². The topological polar surface area (TPSA) is 105 Å². The molecule has 1 saturated carbocycles. The Labute approximate surface area is 111 Å². The minimum Gasteiger partial charge on any atom is -0.480 e. The lowest BCUT2D eigenvalue weighted by atomic mass is 9.94. The van der Waals surface area contributed by atoms with Crippen molar-refractivity contribution in [3.05, 3.63) is 30.1 Å². The first kappa shape index (κ1) is 13.6. The maximum Gasteiger partial charge on any atom is 0.332 e. The van der Waals surface area contributed by atoms with Gasteiger partial charge >= 0.3 is 5.97 Å². The Morgan fingerprint density at radius 3 is 2.68 bits per heavy atom. The first-order valence-corrected chi connectivity index (χ1v) is 6.06. The number of rotatable bonds is 5. The van der Waals surface area contributed by atoms with Crippen LogP contribution in [0.3, 0.4) is 0 Å². The number of ketones is 1. The van der Waals surface area contributed by atoms with Gasteiger partial charge in [-0.25, -0.2) is 4.79 Å². The van der Waals surface area contributed by atoms with E-state index in [0.29, 0.717) is 5.69 Å². The Balaban J connectivity index is 2.20. The van der Waals surface area contributed by atoms with Gasteiger partial charge in [0.1, 0.15) is 0 Å². The lowest BCUT2D eigenvalue weighted by molar-refractivity contribution is -0.142. The van der Waals surface area contributed by atoms with Crippen molar-refractivity contribution in [1.29, 1.82) is 0 Å². The Hall–Kier alpha value is -1.79. The molecule has 0 amide bonds. The summed E-state index contributed by atoms with van der Waals surface area (Å²) < 4.78 is 0. The van der Waals surface area contributed by atoms with Gasteiger partial charge in [-0.1, -0.05) is 6.07 Å². The van der Waals surface area contributed by atoms with Crippen LogP contribution in [0, 0.1) is 5.41 Å². The molecule has 2 rings (SSSR count). The molecular weight excluding hydrogens is 246 g/mol. The molecule has 0 bridgehead atoms. The van der Waals surface area contributed by atoms with E-state index in [4.69, 9.17) is 5.73 Å². The van der Waals surface area contributed by atoms with Crippen LogP contribution in [-0.2, 0) is 16.1 Å². The summed E-state index contributed by atoms with van der Waals surface area (Å²) in [6.45, 7) is 3.44. The molecule has 4 N–H and O–H groups in total.